The number of nitrogens with zero attached hydrogens (tertiary/aromatic N) is 1. The fourth-order valence-electron chi connectivity index (χ4n) is 2.17. The Morgan fingerprint density at radius 3 is 2.63 bits per heavy atom. The summed E-state index contributed by atoms with van der Waals surface area (Å²) in [5, 5.41) is 5.10. The van der Waals surface area contributed by atoms with Gasteiger partial charge < -0.3 is 9.15 Å². The molecule has 0 aliphatic carbocycles. The van der Waals surface area contributed by atoms with Crippen LogP contribution in [0.5, 0.6) is 5.75 Å². The van der Waals surface area contributed by atoms with Crippen LogP contribution in [0.2, 0.25) is 15.1 Å². The minimum atomic E-state index is -0.434. The van der Waals surface area contributed by atoms with Gasteiger partial charge in [0, 0.05) is 5.56 Å². The second-order valence-electron chi connectivity index (χ2n) is 5.32. The van der Waals surface area contributed by atoms with E-state index in [4.69, 9.17) is 44.0 Å². The van der Waals surface area contributed by atoms with Gasteiger partial charge in [-0.3, -0.25) is 4.79 Å². The highest BCUT2D eigenvalue weighted by Gasteiger charge is 2.10. The van der Waals surface area contributed by atoms with Gasteiger partial charge in [0.05, 0.1) is 21.3 Å². The third kappa shape index (κ3) is 5.04. The van der Waals surface area contributed by atoms with Crippen LogP contribution in [0.4, 0.5) is 0 Å². The molecule has 2 aromatic carbocycles. The van der Waals surface area contributed by atoms with Gasteiger partial charge in [0.15, 0.2) is 6.61 Å². The number of ether oxygens (including phenoxy) is 1. The van der Waals surface area contributed by atoms with Crippen molar-refractivity contribution in [2.45, 2.75) is 0 Å². The van der Waals surface area contributed by atoms with Crippen molar-refractivity contribution in [1.82, 2.24) is 5.43 Å². The summed E-state index contributed by atoms with van der Waals surface area (Å²) in [6.07, 6.45) is 1.37. The molecule has 0 unspecified atom stereocenters. The molecule has 0 saturated carbocycles. The quantitative estimate of drug-likeness (QED) is 0.424. The number of hydrogen-bond donors (Lipinski definition) is 1. The first-order valence-electron chi connectivity index (χ1n) is 7.78. The molecule has 0 aliphatic heterocycles. The lowest BCUT2D eigenvalue weighted by Gasteiger charge is -2.06. The lowest BCUT2D eigenvalue weighted by Crippen LogP contribution is -2.24. The third-order valence-corrected chi connectivity index (χ3v) is 4.55. The maximum absolute atomic E-state index is 11.8. The van der Waals surface area contributed by atoms with Gasteiger partial charge in [-0.15, -0.1) is 0 Å². The number of hydrogen-bond acceptors (Lipinski definition) is 4. The minimum absolute atomic E-state index is 0.220. The highest BCUT2D eigenvalue weighted by molar-refractivity contribution is 6.43. The van der Waals surface area contributed by atoms with E-state index in [2.05, 4.69) is 10.5 Å². The van der Waals surface area contributed by atoms with E-state index in [1.54, 1.807) is 54.6 Å². The van der Waals surface area contributed by atoms with Crippen LogP contribution in [0.3, 0.4) is 0 Å². The molecular formula is C19H13Cl3N2O3. The van der Waals surface area contributed by atoms with Crippen LogP contribution in [0.25, 0.3) is 11.3 Å². The molecule has 0 bridgehead atoms. The van der Waals surface area contributed by atoms with Gasteiger partial charge in [-0.2, -0.15) is 5.10 Å². The molecule has 0 fully saturated rings. The number of furan rings is 1. The number of para-hydroxylation sites is 1. The fraction of sp³-hybridized carbons (Fsp3) is 0.0526. The smallest absolute Gasteiger partial charge is 0.277 e. The zero-order chi connectivity index (χ0) is 19.2. The van der Waals surface area contributed by atoms with Crippen molar-refractivity contribution in [3.05, 3.63) is 75.4 Å². The van der Waals surface area contributed by atoms with E-state index in [9.17, 15) is 4.79 Å². The molecule has 3 aromatic rings. The van der Waals surface area contributed by atoms with Crippen LogP contribution < -0.4 is 10.2 Å². The van der Waals surface area contributed by atoms with E-state index >= 15 is 0 Å². The molecule has 1 heterocycles. The van der Waals surface area contributed by atoms with E-state index in [0.29, 0.717) is 37.9 Å². The number of amides is 1. The van der Waals surface area contributed by atoms with Gasteiger partial charge in [-0.1, -0.05) is 53.0 Å². The van der Waals surface area contributed by atoms with Gasteiger partial charge in [-0.25, -0.2) is 5.43 Å². The van der Waals surface area contributed by atoms with Gasteiger partial charge >= 0.3 is 0 Å². The number of halogens is 3. The Balaban J connectivity index is 1.56. The molecule has 8 heteroatoms. The Morgan fingerprint density at radius 1 is 1.04 bits per heavy atom. The number of benzene rings is 2. The van der Waals surface area contributed by atoms with Crippen molar-refractivity contribution in [3.8, 4) is 17.1 Å². The molecule has 0 radical (unpaired) electrons. The van der Waals surface area contributed by atoms with Crippen LogP contribution in [0.1, 0.15) is 5.76 Å². The van der Waals surface area contributed by atoms with E-state index in [0.717, 1.165) is 0 Å². The standard InChI is InChI=1S/C19H13Cl3N2O3/c20-14-5-1-2-7-17(14)26-11-18(25)24-23-10-12-8-9-16(27-12)13-4-3-6-15(21)19(13)22/h1-10H,11H2,(H,24,25). The number of nitrogens with one attached hydrogen (secondary N) is 1. The number of carbonyl (C=O) groups excluding carboxylic acids is 1. The maximum Gasteiger partial charge on any atom is 0.277 e. The van der Waals surface area contributed by atoms with Crippen molar-refractivity contribution >= 4 is 46.9 Å². The summed E-state index contributed by atoms with van der Waals surface area (Å²) in [4.78, 5) is 11.8. The van der Waals surface area contributed by atoms with Crippen LogP contribution in [0, 0.1) is 0 Å². The summed E-state index contributed by atoms with van der Waals surface area (Å²) in [6.45, 7) is -0.220. The van der Waals surface area contributed by atoms with Crippen LogP contribution >= 0.6 is 34.8 Å². The Morgan fingerprint density at radius 2 is 1.81 bits per heavy atom. The maximum atomic E-state index is 11.8. The van der Waals surface area contributed by atoms with Gasteiger partial charge in [0.25, 0.3) is 5.91 Å². The monoisotopic (exact) mass is 422 g/mol. The topological polar surface area (TPSA) is 63.8 Å². The number of hydrazone groups is 1. The lowest BCUT2D eigenvalue weighted by atomic mass is 10.2. The van der Waals surface area contributed by atoms with Gasteiger partial charge in [0.1, 0.15) is 17.3 Å². The highest BCUT2D eigenvalue weighted by atomic mass is 35.5. The van der Waals surface area contributed by atoms with Crippen LogP contribution in [-0.2, 0) is 4.79 Å². The summed E-state index contributed by atoms with van der Waals surface area (Å²) >= 11 is 18.1. The summed E-state index contributed by atoms with van der Waals surface area (Å²) < 4.78 is 11.0. The van der Waals surface area contributed by atoms with Crippen molar-refractivity contribution < 1.29 is 13.9 Å². The lowest BCUT2D eigenvalue weighted by molar-refractivity contribution is -0.123. The molecule has 3 rings (SSSR count). The molecule has 1 amide bonds. The first-order chi connectivity index (χ1) is 13.0. The predicted molar refractivity (Wildman–Crippen MR) is 107 cm³/mol. The van der Waals surface area contributed by atoms with Gasteiger partial charge in [-0.05, 0) is 36.4 Å². The van der Waals surface area contributed by atoms with Gasteiger partial charge in [0.2, 0.25) is 0 Å². The summed E-state index contributed by atoms with van der Waals surface area (Å²) in [5.74, 6) is 0.967. The second kappa shape index (κ2) is 8.95. The molecule has 5 nitrogen and oxygen atoms in total. The van der Waals surface area contributed by atoms with Crippen LogP contribution in [-0.4, -0.2) is 18.7 Å². The van der Waals surface area contributed by atoms with Crippen molar-refractivity contribution in [2.75, 3.05) is 6.61 Å². The molecule has 0 saturated heterocycles. The van der Waals surface area contributed by atoms with E-state index in [-0.39, 0.29) is 6.61 Å². The molecule has 27 heavy (non-hydrogen) atoms. The number of rotatable bonds is 6. The largest absolute Gasteiger partial charge is 0.482 e. The Kier molecular flexibility index (Phi) is 6.40. The van der Waals surface area contributed by atoms with Crippen LogP contribution in [0.15, 0.2) is 64.1 Å². The minimum Gasteiger partial charge on any atom is -0.482 e. The highest BCUT2D eigenvalue weighted by Crippen LogP contribution is 2.34. The molecule has 1 N–H and O–H groups in total. The first-order valence-corrected chi connectivity index (χ1v) is 8.91. The van der Waals surface area contributed by atoms with E-state index in [1.807, 2.05) is 0 Å². The number of carbonyl (C=O) groups is 1. The molecule has 0 spiro atoms. The normalized spacial score (nSPS) is 10.9. The third-order valence-electron chi connectivity index (χ3n) is 3.42. The van der Waals surface area contributed by atoms with Crippen molar-refractivity contribution in [2.24, 2.45) is 5.10 Å². The summed E-state index contributed by atoms with van der Waals surface area (Å²) in [5.41, 5.74) is 3.01. The zero-order valence-corrected chi connectivity index (χ0v) is 16.1. The zero-order valence-electron chi connectivity index (χ0n) is 13.8. The predicted octanol–water partition coefficient (Wildman–Crippen LogP) is 5.44. The molecule has 0 aliphatic rings. The van der Waals surface area contributed by atoms with Crippen molar-refractivity contribution in [3.63, 3.8) is 0 Å². The van der Waals surface area contributed by atoms with E-state index in [1.165, 1.54) is 6.21 Å². The second-order valence-corrected chi connectivity index (χ2v) is 6.51. The Labute approximate surface area is 170 Å². The first kappa shape index (κ1) is 19.3. The summed E-state index contributed by atoms with van der Waals surface area (Å²) in [6, 6.07) is 15.6. The molecule has 138 valence electrons. The molecular weight excluding hydrogens is 411 g/mol. The van der Waals surface area contributed by atoms with Crippen molar-refractivity contribution in [1.29, 1.82) is 0 Å². The molecule has 0 atom stereocenters. The Bertz CT molecular complexity index is 986. The average Bonchev–Trinajstić information content (AvgIpc) is 3.12. The van der Waals surface area contributed by atoms with E-state index < -0.39 is 5.91 Å². The average molecular weight is 424 g/mol. The Hall–Kier alpha value is -2.47. The molecule has 1 aromatic heterocycles. The SMILES string of the molecule is O=C(COc1ccccc1Cl)NN=Cc1ccc(-c2cccc(Cl)c2Cl)o1. The summed E-state index contributed by atoms with van der Waals surface area (Å²) in [7, 11) is 0. The fourth-order valence-corrected chi connectivity index (χ4v) is 2.75.